The summed E-state index contributed by atoms with van der Waals surface area (Å²) in [7, 11) is 2.10. The van der Waals surface area contributed by atoms with Gasteiger partial charge < -0.3 is 14.1 Å². The van der Waals surface area contributed by atoms with Gasteiger partial charge in [-0.2, -0.15) is 0 Å². The Kier molecular flexibility index (Phi) is 4.67. The number of nitrogens with zero attached hydrogens (tertiary/aromatic N) is 4. The van der Waals surface area contributed by atoms with E-state index in [1.54, 1.807) is 6.26 Å². The number of furan rings is 1. The van der Waals surface area contributed by atoms with Crippen LogP contribution in [0.15, 0.2) is 35.2 Å². The summed E-state index contributed by atoms with van der Waals surface area (Å²) in [5.41, 5.74) is 0. The van der Waals surface area contributed by atoms with Gasteiger partial charge in [-0.05, 0) is 31.5 Å². The molecule has 134 valence electrons. The molecule has 0 aromatic carbocycles. The first-order valence-corrected chi connectivity index (χ1v) is 8.74. The van der Waals surface area contributed by atoms with Crippen molar-refractivity contribution in [2.75, 3.05) is 38.2 Å². The molecule has 2 fully saturated rings. The Morgan fingerprint density at radius 3 is 2.96 bits per heavy atom. The Bertz CT molecular complexity index is 679. The monoisotopic (exact) mass is 346 g/mol. The lowest BCUT2D eigenvalue weighted by Crippen LogP contribution is -2.44. The van der Waals surface area contributed by atoms with Crippen LogP contribution in [0.2, 0.25) is 0 Å². The molecule has 2 aliphatic heterocycles. The standard InChI is InChI=1S/C18H23FN4O2/c1-22(10-15-3-2-6-24-15)11-17-16-4-5-23(9-13(16)12-25-17)18-20-7-14(19)8-21-18/h2-3,6-8,13,16-17H,4-5,9-12H2,1H3/t13-,16-,17+/m1/s1. The summed E-state index contributed by atoms with van der Waals surface area (Å²) in [5.74, 6) is 2.21. The molecular weight excluding hydrogens is 323 g/mol. The largest absolute Gasteiger partial charge is 0.468 e. The summed E-state index contributed by atoms with van der Waals surface area (Å²) in [4.78, 5) is 12.6. The first-order valence-electron chi connectivity index (χ1n) is 8.74. The molecule has 0 unspecified atom stereocenters. The molecule has 4 heterocycles. The molecule has 2 saturated heterocycles. The van der Waals surface area contributed by atoms with Crippen LogP contribution in [-0.2, 0) is 11.3 Å². The minimum Gasteiger partial charge on any atom is -0.468 e. The molecule has 0 saturated carbocycles. The number of anilines is 1. The van der Waals surface area contributed by atoms with Crippen LogP contribution in [0.5, 0.6) is 0 Å². The molecule has 0 bridgehead atoms. The number of ether oxygens (including phenoxy) is 1. The third kappa shape index (κ3) is 3.67. The van der Waals surface area contributed by atoms with Gasteiger partial charge in [-0.3, -0.25) is 4.90 Å². The summed E-state index contributed by atoms with van der Waals surface area (Å²) in [6.07, 6.45) is 5.46. The SMILES string of the molecule is CN(Cc1ccco1)C[C@@H]1OC[C@H]2CN(c3ncc(F)cn3)CC[C@H]21. The molecule has 0 aliphatic carbocycles. The van der Waals surface area contributed by atoms with Crippen LogP contribution in [0.1, 0.15) is 12.2 Å². The number of hydrogen-bond acceptors (Lipinski definition) is 6. The number of piperidine rings is 1. The molecule has 3 atom stereocenters. The number of hydrogen-bond donors (Lipinski definition) is 0. The molecule has 6 nitrogen and oxygen atoms in total. The highest BCUT2D eigenvalue weighted by atomic mass is 19.1. The van der Waals surface area contributed by atoms with Gasteiger partial charge in [-0.1, -0.05) is 0 Å². The van der Waals surface area contributed by atoms with Crippen LogP contribution in [0.25, 0.3) is 0 Å². The lowest BCUT2D eigenvalue weighted by atomic mass is 9.84. The molecule has 0 N–H and O–H groups in total. The third-order valence-electron chi connectivity index (χ3n) is 5.18. The van der Waals surface area contributed by atoms with E-state index >= 15 is 0 Å². The van der Waals surface area contributed by atoms with Gasteiger partial charge in [0.05, 0.1) is 37.9 Å². The fourth-order valence-corrected chi connectivity index (χ4v) is 3.97. The lowest BCUT2D eigenvalue weighted by Gasteiger charge is -2.36. The van der Waals surface area contributed by atoms with E-state index in [-0.39, 0.29) is 6.10 Å². The summed E-state index contributed by atoms with van der Waals surface area (Å²) in [5, 5.41) is 0. The molecule has 0 radical (unpaired) electrons. The summed E-state index contributed by atoms with van der Waals surface area (Å²) in [6, 6.07) is 3.91. The second-order valence-electron chi connectivity index (χ2n) is 7.01. The molecule has 0 amide bonds. The van der Waals surface area contributed by atoms with Gasteiger partial charge in [0.1, 0.15) is 5.76 Å². The van der Waals surface area contributed by atoms with Gasteiger partial charge in [0.25, 0.3) is 0 Å². The van der Waals surface area contributed by atoms with Crippen molar-refractivity contribution >= 4 is 5.95 Å². The number of fused-ring (bicyclic) bond motifs is 1. The number of rotatable bonds is 5. The zero-order chi connectivity index (χ0) is 17.2. The van der Waals surface area contributed by atoms with E-state index in [0.717, 1.165) is 45.0 Å². The molecule has 25 heavy (non-hydrogen) atoms. The van der Waals surface area contributed by atoms with Crippen molar-refractivity contribution in [2.45, 2.75) is 19.1 Å². The van der Waals surface area contributed by atoms with Gasteiger partial charge >= 0.3 is 0 Å². The van der Waals surface area contributed by atoms with Crippen LogP contribution < -0.4 is 4.90 Å². The van der Waals surface area contributed by atoms with E-state index in [4.69, 9.17) is 9.15 Å². The molecule has 4 rings (SSSR count). The fraction of sp³-hybridized carbons (Fsp3) is 0.556. The maximum atomic E-state index is 13.0. The zero-order valence-corrected chi connectivity index (χ0v) is 14.3. The first-order chi connectivity index (χ1) is 12.2. The van der Waals surface area contributed by atoms with E-state index in [1.165, 1.54) is 12.4 Å². The predicted octanol–water partition coefficient (Wildman–Crippen LogP) is 2.18. The van der Waals surface area contributed by atoms with Crippen molar-refractivity contribution in [1.82, 2.24) is 14.9 Å². The third-order valence-corrected chi connectivity index (χ3v) is 5.18. The number of likely N-dealkylation sites (N-methyl/N-ethyl adjacent to an activating group) is 1. The van der Waals surface area contributed by atoms with Crippen LogP contribution in [0.4, 0.5) is 10.3 Å². The summed E-state index contributed by atoms with van der Waals surface area (Å²) in [6.45, 7) is 4.21. The predicted molar refractivity (Wildman–Crippen MR) is 90.6 cm³/mol. The molecule has 2 aliphatic rings. The van der Waals surface area contributed by atoms with Crippen LogP contribution in [0, 0.1) is 17.7 Å². The first kappa shape index (κ1) is 16.5. The van der Waals surface area contributed by atoms with E-state index < -0.39 is 5.82 Å². The topological polar surface area (TPSA) is 54.6 Å². The van der Waals surface area contributed by atoms with Crippen molar-refractivity contribution in [3.05, 3.63) is 42.4 Å². The van der Waals surface area contributed by atoms with Gasteiger partial charge in [0.2, 0.25) is 5.95 Å². The van der Waals surface area contributed by atoms with Gasteiger partial charge in [0.15, 0.2) is 5.82 Å². The van der Waals surface area contributed by atoms with Crippen LogP contribution in [0.3, 0.4) is 0 Å². The summed E-state index contributed by atoms with van der Waals surface area (Å²) >= 11 is 0. The van der Waals surface area contributed by atoms with Crippen molar-refractivity contribution in [3.63, 3.8) is 0 Å². The zero-order valence-electron chi connectivity index (χ0n) is 14.3. The van der Waals surface area contributed by atoms with Gasteiger partial charge in [0, 0.05) is 25.6 Å². The number of aromatic nitrogens is 2. The van der Waals surface area contributed by atoms with Crippen molar-refractivity contribution in [2.24, 2.45) is 11.8 Å². The summed E-state index contributed by atoms with van der Waals surface area (Å²) < 4.78 is 24.5. The van der Waals surface area contributed by atoms with Crippen LogP contribution >= 0.6 is 0 Å². The second-order valence-corrected chi connectivity index (χ2v) is 7.01. The van der Waals surface area contributed by atoms with Crippen molar-refractivity contribution in [3.8, 4) is 0 Å². The Hall–Kier alpha value is -1.99. The fourth-order valence-electron chi connectivity index (χ4n) is 3.97. The average molecular weight is 346 g/mol. The van der Waals surface area contributed by atoms with Crippen LogP contribution in [-0.4, -0.2) is 54.3 Å². The highest BCUT2D eigenvalue weighted by Gasteiger charge is 2.41. The van der Waals surface area contributed by atoms with Gasteiger partial charge in [-0.25, -0.2) is 14.4 Å². The quantitative estimate of drug-likeness (QED) is 0.827. The Labute approximate surface area is 146 Å². The highest BCUT2D eigenvalue weighted by molar-refractivity contribution is 5.30. The molecule has 2 aromatic rings. The Morgan fingerprint density at radius 1 is 1.36 bits per heavy atom. The molecular formula is C18H23FN4O2. The van der Waals surface area contributed by atoms with E-state index in [0.29, 0.717) is 17.8 Å². The normalized spacial score (nSPS) is 26.2. The molecule has 7 heteroatoms. The van der Waals surface area contributed by atoms with E-state index in [9.17, 15) is 4.39 Å². The minimum absolute atomic E-state index is 0.251. The maximum Gasteiger partial charge on any atom is 0.225 e. The van der Waals surface area contributed by atoms with Crippen molar-refractivity contribution < 1.29 is 13.5 Å². The number of halogens is 1. The van der Waals surface area contributed by atoms with Gasteiger partial charge in [-0.15, -0.1) is 0 Å². The van der Waals surface area contributed by atoms with Crippen molar-refractivity contribution in [1.29, 1.82) is 0 Å². The highest BCUT2D eigenvalue weighted by Crippen LogP contribution is 2.35. The molecule has 0 spiro atoms. The van der Waals surface area contributed by atoms with E-state index in [2.05, 4.69) is 26.8 Å². The Morgan fingerprint density at radius 2 is 2.20 bits per heavy atom. The molecule has 2 aromatic heterocycles. The second kappa shape index (κ2) is 7.09. The smallest absolute Gasteiger partial charge is 0.225 e. The maximum absolute atomic E-state index is 13.0. The Balaban J connectivity index is 1.33. The lowest BCUT2D eigenvalue weighted by molar-refractivity contribution is 0.0570. The minimum atomic E-state index is -0.400. The van der Waals surface area contributed by atoms with E-state index in [1.807, 2.05) is 12.1 Å². The average Bonchev–Trinajstić information content (AvgIpc) is 3.25.